The van der Waals surface area contributed by atoms with Crippen LogP contribution in [0.4, 0.5) is 0 Å². The topological polar surface area (TPSA) is 29.5 Å². The van der Waals surface area contributed by atoms with Gasteiger partial charge >= 0.3 is 0 Å². The standard InChI is InChI=1S/C12H15BrO2/c1-8-6-11(10(3)14)4-5-12(8)15-7-9(2)13/h4-6,10,14H,2,7H2,1,3H3. The van der Waals surface area contributed by atoms with Crippen LogP contribution in [-0.4, -0.2) is 11.7 Å². The van der Waals surface area contributed by atoms with Crippen LogP contribution < -0.4 is 4.74 Å². The zero-order valence-electron chi connectivity index (χ0n) is 8.96. The minimum atomic E-state index is -0.441. The van der Waals surface area contributed by atoms with Gasteiger partial charge in [0.2, 0.25) is 0 Å². The van der Waals surface area contributed by atoms with E-state index in [2.05, 4.69) is 22.5 Å². The van der Waals surface area contributed by atoms with E-state index >= 15 is 0 Å². The predicted octanol–water partition coefficient (Wildman–Crippen LogP) is 3.34. The first-order chi connectivity index (χ1) is 7.00. The van der Waals surface area contributed by atoms with Gasteiger partial charge in [0.15, 0.2) is 0 Å². The van der Waals surface area contributed by atoms with E-state index < -0.39 is 6.10 Å². The fourth-order valence-electron chi connectivity index (χ4n) is 1.25. The summed E-state index contributed by atoms with van der Waals surface area (Å²) in [7, 11) is 0. The van der Waals surface area contributed by atoms with Crippen molar-refractivity contribution in [2.45, 2.75) is 20.0 Å². The van der Waals surface area contributed by atoms with Crippen molar-refractivity contribution in [2.24, 2.45) is 0 Å². The third kappa shape index (κ3) is 3.68. The molecule has 3 heteroatoms. The van der Waals surface area contributed by atoms with E-state index in [4.69, 9.17) is 4.74 Å². The van der Waals surface area contributed by atoms with Crippen molar-refractivity contribution in [3.8, 4) is 5.75 Å². The normalized spacial score (nSPS) is 12.3. The molecule has 1 unspecified atom stereocenters. The van der Waals surface area contributed by atoms with Gasteiger partial charge in [0.1, 0.15) is 12.4 Å². The first-order valence-electron chi connectivity index (χ1n) is 4.75. The summed E-state index contributed by atoms with van der Waals surface area (Å²) < 4.78 is 6.31. The number of rotatable bonds is 4. The average molecular weight is 271 g/mol. The molecule has 0 bridgehead atoms. The summed E-state index contributed by atoms with van der Waals surface area (Å²) in [6.45, 7) is 7.85. The highest BCUT2D eigenvalue weighted by Crippen LogP contribution is 2.23. The molecule has 1 N–H and O–H groups in total. The molecule has 1 atom stereocenters. The van der Waals surface area contributed by atoms with Crippen LogP contribution in [0.2, 0.25) is 0 Å². The van der Waals surface area contributed by atoms with Crippen LogP contribution in [0.1, 0.15) is 24.2 Å². The smallest absolute Gasteiger partial charge is 0.122 e. The highest BCUT2D eigenvalue weighted by Gasteiger charge is 2.04. The maximum atomic E-state index is 9.39. The van der Waals surface area contributed by atoms with Gasteiger partial charge in [0, 0.05) is 4.48 Å². The Morgan fingerprint density at radius 2 is 2.27 bits per heavy atom. The lowest BCUT2D eigenvalue weighted by Gasteiger charge is -2.11. The molecule has 0 spiro atoms. The van der Waals surface area contributed by atoms with Gasteiger partial charge in [-0.05, 0) is 37.1 Å². The molecule has 0 aromatic heterocycles. The first-order valence-corrected chi connectivity index (χ1v) is 5.54. The molecule has 0 saturated carbocycles. The average Bonchev–Trinajstić information content (AvgIpc) is 2.15. The minimum Gasteiger partial charge on any atom is -0.488 e. The van der Waals surface area contributed by atoms with Crippen LogP contribution in [0.3, 0.4) is 0 Å². The highest BCUT2D eigenvalue weighted by molar-refractivity contribution is 9.11. The second-order valence-electron chi connectivity index (χ2n) is 3.51. The van der Waals surface area contributed by atoms with Crippen molar-refractivity contribution >= 4 is 15.9 Å². The summed E-state index contributed by atoms with van der Waals surface area (Å²) in [6, 6.07) is 5.66. The third-order valence-electron chi connectivity index (χ3n) is 2.07. The van der Waals surface area contributed by atoms with Crippen molar-refractivity contribution in [1.82, 2.24) is 0 Å². The Bertz CT molecular complexity index is 359. The zero-order chi connectivity index (χ0) is 11.4. The van der Waals surface area contributed by atoms with Gasteiger partial charge in [-0.2, -0.15) is 0 Å². The monoisotopic (exact) mass is 270 g/mol. The van der Waals surface area contributed by atoms with E-state index in [9.17, 15) is 5.11 Å². The Kier molecular flexibility index (Phi) is 4.36. The summed E-state index contributed by atoms with van der Waals surface area (Å²) in [6.07, 6.45) is -0.441. The molecule has 1 aromatic carbocycles. The highest BCUT2D eigenvalue weighted by atomic mass is 79.9. The van der Waals surface area contributed by atoms with Crippen molar-refractivity contribution in [2.75, 3.05) is 6.61 Å². The van der Waals surface area contributed by atoms with Crippen molar-refractivity contribution < 1.29 is 9.84 Å². The Morgan fingerprint density at radius 3 is 2.73 bits per heavy atom. The van der Waals surface area contributed by atoms with Crippen LogP contribution >= 0.6 is 15.9 Å². The van der Waals surface area contributed by atoms with Gasteiger partial charge < -0.3 is 9.84 Å². The van der Waals surface area contributed by atoms with Gasteiger partial charge in [-0.15, -0.1) is 0 Å². The van der Waals surface area contributed by atoms with Crippen LogP contribution in [0.25, 0.3) is 0 Å². The number of aliphatic hydroxyl groups is 1. The number of hydrogen-bond donors (Lipinski definition) is 1. The molecule has 82 valence electrons. The fourth-order valence-corrected chi connectivity index (χ4v) is 1.36. The van der Waals surface area contributed by atoms with Gasteiger partial charge in [-0.3, -0.25) is 0 Å². The van der Waals surface area contributed by atoms with E-state index in [0.29, 0.717) is 6.61 Å². The van der Waals surface area contributed by atoms with Gasteiger partial charge in [0.05, 0.1) is 6.10 Å². The molecule has 0 aliphatic heterocycles. The largest absolute Gasteiger partial charge is 0.488 e. The van der Waals surface area contributed by atoms with Gasteiger partial charge in [-0.1, -0.05) is 28.6 Å². The first kappa shape index (κ1) is 12.3. The predicted molar refractivity (Wildman–Crippen MR) is 65.4 cm³/mol. The molecule has 1 aromatic rings. The Hall–Kier alpha value is -0.800. The number of aliphatic hydroxyl groups excluding tert-OH is 1. The lowest BCUT2D eigenvalue weighted by Crippen LogP contribution is -1.99. The van der Waals surface area contributed by atoms with Crippen molar-refractivity contribution in [3.63, 3.8) is 0 Å². The summed E-state index contributed by atoms with van der Waals surface area (Å²) in [4.78, 5) is 0. The summed E-state index contributed by atoms with van der Waals surface area (Å²) >= 11 is 3.23. The van der Waals surface area contributed by atoms with E-state index in [0.717, 1.165) is 21.4 Å². The zero-order valence-corrected chi connectivity index (χ0v) is 10.5. The van der Waals surface area contributed by atoms with Crippen LogP contribution in [0, 0.1) is 6.92 Å². The minimum absolute atomic E-state index is 0.441. The molecule has 0 amide bonds. The SMILES string of the molecule is C=C(Br)COc1ccc(C(C)O)cc1C. The number of aryl methyl sites for hydroxylation is 1. The lowest BCUT2D eigenvalue weighted by molar-refractivity contribution is 0.199. The molecule has 0 radical (unpaired) electrons. The summed E-state index contributed by atoms with van der Waals surface area (Å²) in [5.41, 5.74) is 1.92. The van der Waals surface area contributed by atoms with Crippen LogP contribution in [0.15, 0.2) is 29.3 Å². The molecule has 15 heavy (non-hydrogen) atoms. The molecular formula is C12H15BrO2. The van der Waals surface area contributed by atoms with Gasteiger partial charge in [0.25, 0.3) is 0 Å². The van der Waals surface area contributed by atoms with Crippen LogP contribution in [-0.2, 0) is 0 Å². The number of ether oxygens (including phenoxy) is 1. The number of halogens is 1. The van der Waals surface area contributed by atoms with E-state index in [1.54, 1.807) is 6.92 Å². The second-order valence-corrected chi connectivity index (χ2v) is 4.63. The van der Waals surface area contributed by atoms with E-state index in [1.807, 2.05) is 25.1 Å². The molecule has 0 saturated heterocycles. The maximum absolute atomic E-state index is 9.39. The fraction of sp³-hybridized carbons (Fsp3) is 0.333. The van der Waals surface area contributed by atoms with E-state index in [-0.39, 0.29) is 0 Å². The van der Waals surface area contributed by atoms with E-state index in [1.165, 1.54) is 0 Å². The third-order valence-corrected chi connectivity index (χ3v) is 2.29. The number of benzene rings is 1. The van der Waals surface area contributed by atoms with Crippen LogP contribution in [0.5, 0.6) is 5.75 Å². The molecule has 0 heterocycles. The van der Waals surface area contributed by atoms with Crippen molar-refractivity contribution in [1.29, 1.82) is 0 Å². The van der Waals surface area contributed by atoms with Gasteiger partial charge in [-0.25, -0.2) is 0 Å². The Morgan fingerprint density at radius 1 is 1.60 bits per heavy atom. The Labute approximate surface area is 98.7 Å². The maximum Gasteiger partial charge on any atom is 0.122 e. The quantitative estimate of drug-likeness (QED) is 0.910. The molecule has 2 nitrogen and oxygen atoms in total. The molecular weight excluding hydrogens is 256 g/mol. The second kappa shape index (κ2) is 5.33. The molecule has 0 aliphatic carbocycles. The summed E-state index contributed by atoms with van der Waals surface area (Å²) in [5, 5.41) is 9.39. The number of hydrogen-bond acceptors (Lipinski definition) is 2. The Balaban J connectivity index is 2.79. The molecule has 0 fully saturated rings. The molecule has 0 aliphatic rings. The summed E-state index contributed by atoms with van der Waals surface area (Å²) in [5.74, 6) is 0.819. The molecule has 1 rings (SSSR count). The lowest BCUT2D eigenvalue weighted by atomic mass is 10.1. The van der Waals surface area contributed by atoms with Crippen molar-refractivity contribution in [3.05, 3.63) is 40.4 Å².